The first-order chi connectivity index (χ1) is 14.2. The lowest BCUT2D eigenvalue weighted by atomic mass is 10.1. The number of halogens is 2. The van der Waals surface area contributed by atoms with Gasteiger partial charge in [-0.3, -0.25) is 9.52 Å². The van der Waals surface area contributed by atoms with Gasteiger partial charge in [-0.2, -0.15) is 0 Å². The Hall–Kier alpha value is -2.54. The molecule has 5 nitrogen and oxygen atoms in total. The number of carbonyl (C=O) groups is 1. The van der Waals surface area contributed by atoms with Gasteiger partial charge >= 0.3 is 0 Å². The number of hydrogen-bond donors (Lipinski definition) is 2. The Morgan fingerprint density at radius 2 is 1.73 bits per heavy atom. The number of nitrogens with one attached hydrogen (secondary N) is 2. The van der Waals surface area contributed by atoms with E-state index in [1.807, 2.05) is 13.0 Å². The lowest BCUT2D eigenvalue weighted by Crippen LogP contribution is -2.24. The molecule has 2 N–H and O–H groups in total. The molecule has 0 saturated heterocycles. The quantitative estimate of drug-likeness (QED) is 0.518. The van der Waals surface area contributed by atoms with Gasteiger partial charge in [0.2, 0.25) is 0 Å². The Kier molecular flexibility index (Phi) is 6.71. The van der Waals surface area contributed by atoms with Crippen molar-refractivity contribution in [2.45, 2.75) is 25.3 Å². The summed E-state index contributed by atoms with van der Waals surface area (Å²) in [5, 5.41) is 3.70. The van der Waals surface area contributed by atoms with Crippen molar-refractivity contribution in [3.63, 3.8) is 0 Å². The minimum Gasteiger partial charge on any atom is -0.348 e. The first-order valence-electron chi connectivity index (χ1n) is 9.08. The van der Waals surface area contributed by atoms with E-state index in [1.54, 1.807) is 55.5 Å². The van der Waals surface area contributed by atoms with Gasteiger partial charge in [0.1, 0.15) is 0 Å². The summed E-state index contributed by atoms with van der Waals surface area (Å²) in [5.41, 5.74) is 2.86. The molecule has 3 aromatic rings. The molecule has 0 heterocycles. The van der Waals surface area contributed by atoms with E-state index in [0.29, 0.717) is 26.9 Å². The van der Waals surface area contributed by atoms with Crippen LogP contribution in [-0.2, 0) is 16.6 Å². The van der Waals surface area contributed by atoms with Crippen molar-refractivity contribution in [1.29, 1.82) is 0 Å². The molecule has 0 aliphatic carbocycles. The van der Waals surface area contributed by atoms with Crippen LogP contribution >= 0.6 is 23.2 Å². The summed E-state index contributed by atoms with van der Waals surface area (Å²) in [6, 6.07) is 16.6. The van der Waals surface area contributed by atoms with Crippen molar-refractivity contribution in [3.8, 4) is 0 Å². The maximum Gasteiger partial charge on any atom is 0.262 e. The van der Waals surface area contributed by atoms with Gasteiger partial charge in [-0.1, -0.05) is 47.5 Å². The summed E-state index contributed by atoms with van der Waals surface area (Å²) in [7, 11) is -3.86. The van der Waals surface area contributed by atoms with E-state index in [0.717, 1.165) is 5.56 Å². The van der Waals surface area contributed by atoms with Crippen LogP contribution in [0, 0.1) is 13.8 Å². The van der Waals surface area contributed by atoms with Crippen molar-refractivity contribution in [2.75, 3.05) is 4.72 Å². The third-order valence-electron chi connectivity index (χ3n) is 4.46. The van der Waals surface area contributed by atoms with Crippen LogP contribution in [0.5, 0.6) is 0 Å². The molecule has 3 rings (SSSR count). The molecule has 8 heteroatoms. The van der Waals surface area contributed by atoms with E-state index in [-0.39, 0.29) is 17.0 Å². The molecule has 0 aromatic heterocycles. The summed E-state index contributed by atoms with van der Waals surface area (Å²) >= 11 is 12.0. The number of anilines is 1. The highest BCUT2D eigenvalue weighted by atomic mass is 35.5. The van der Waals surface area contributed by atoms with Crippen molar-refractivity contribution in [2.24, 2.45) is 0 Å². The van der Waals surface area contributed by atoms with Gasteiger partial charge in [-0.25, -0.2) is 8.42 Å². The molecule has 0 saturated carbocycles. The van der Waals surface area contributed by atoms with Crippen molar-refractivity contribution in [3.05, 3.63) is 93.0 Å². The van der Waals surface area contributed by atoms with Gasteiger partial charge in [-0.05, 0) is 66.9 Å². The van der Waals surface area contributed by atoms with Crippen LogP contribution in [-0.4, -0.2) is 14.3 Å². The molecule has 1 amide bonds. The van der Waals surface area contributed by atoms with E-state index >= 15 is 0 Å². The predicted octanol–water partition coefficient (Wildman–Crippen LogP) is 5.34. The smallest absolute Gasteiger partial charge is 0.262 e. The zero-order valence-electron chi connectivity index (χ0n) is 16.4. The number of benzene rings is 3. The van der Waals surface area contributed by atoms with E-state index in [9.17, 15) is 13.2 Å². The number of hydrogen-bond acceptors (Lipinski definition) is 3. The van der Waals surface area contributed by atoms with Crippen LogP contribution in [0.25, 0.3) is 0 Å². The second-order valence-electron chi connectivity index (χ2n) is 6.87. The van der Waals surface area contributed by atoms with Crippen LogP contribution in [0.3, 0.4) is 0 Å². The average Bonchev–Trinajstić information content (AvgIpc) is 2.67. The fourth-order valence-electron chi connectivity index (χ4n) is 2.89. The summed E-state index contributed by atoms with van der Waals surface area (Å²) in [6.07, 6.45) is 0. The van der Waals surface area contributed by atoms with Gasteiger partial charge in [0.05, 0.1) is 4.90 Å². The van der Waals surface area contributed by atoms with Crippen LogP contribution in [0.1, 0.15) is 27.0 Å². The number of amides is 1. The van der Waals surface area contributed by atoms with Crippen LogP contribution < -0.4 is 10.0 Å². The zero-order valence-corrected chi connectivity index (χ0v) is 18.7. The van der Waals surface area contributed by atoms with Gasteiger partial charge in [0.15, 0.2) is 0 Å². The summed E-state index contributed by atoms with van der Waals surface area (Å²) in [4.78, 5) is 12.6. The first-order valence-corrected chi connectivity index (χ1v) is 11.3. The summed E-state index contributed by atoms with van der Waals surface area (Å²) in [6.45, 7) is 3.74. The zero-order chi connectivity index (χ0) is 21.9. The third kappa shape index (κ3) is 5.33. The van der Waals surface area contributed by atoms with Crippen LogP contribution in [0.15, 0.2) is 65.6 Å². The Morgan fingerprint density at radius 1 is 0.967 bits per heavy atom. The minimum absolute atomic E-state index is 0.0428. The normalized spacial score (nSPS) is 11.2. The largest absolute Gasteiger partial charge is 0.348 e. The maximum atomic E-state index is 12.9. The molecule has 0 spiro atoms. The molecule has 0 aliphatic rings. The van der Waals surface area contributed by atoms with Crippen molar-refractivity contribution < 1.29 is 13.2 Å². The van der Waals surface area contributed by atoms with Gasteiger partial charge in [0, 0.05) is 27.8 Å². The average molecular weight is 463 g/mol. The number of aryl methyl sites for hydroxylation is 2. The van der Waals surface area contributed by atoms with Gasteiger partial charge in [-0.15, -0.1) is 0 Å². The molecule has 0 atom stereocenters. The van der Waals surface area contributed by atoms with Crippen LogP contribution in [0.2, 0.25) is 10.0 Å². The fourth-order valence-corrected chi connectivity index (χ4v) is 4.69. The second-order valence-corrected chi connectivity index (χ2v) is 9.37. The van der Waals surface area contributed by atoms with E-state index in [4.69, 9.17) is 23.2 Å². The number of carbonyl (C=O) groups excluding carboxylic acids is 1. The molecule has 0 radical (unpaired) electrons. The lowest BCUT2D eigenvalue weighted by Gasteiger charge is -2.13. The molecule has 0 aliphatic heterocycles. The Morgan fingerprint density at radius 3 is 2.43 bits per heavy atom. The monoisotopic (exact) mass is 462 g/mol. The van der Waals surface area contributed by atoms with E-state index < -0.39 is 15.9 Å². The molecular formula is C22H20Cl2N2O3S. The number of rotatable bonds is 6. The highest BCUT2D eigenvalue weighted by Gasteiger charge is 2.19. The van der Waals surface area contributed by atoms with Crippen LogP contribution in [0.4, 0.5) is 5.69 Å². The Balaban J connectivity index is 1.80. The Bertz CT molecular complexity index is 1210. The summed E-state index contributed by atoms with van der Waals surface area (Å²) < 4.78 is 28.3. The molecule has 3 aromatic carbocycles. The van der Waals surface area contributed by atoms with Crippen molar-refractivity contribution in [1.82, 2.24) is 5.32 Å². The molecular weight excluding hydrogens is 443 g/mol. The standard InChI is InChI=1S/C22H20Cl2N2O3S/c1-14-4-3-5-19(10-14)26-30(28,29)21-11-16(7-6-15(21)2)22(27)25-13-17-8-9-18(23)12-20(17)24/h3-12,26H,13H2,1-2H3,(H,25,27). The second kappa shape index (κ2) is 9.08. The Labute approximate surface area is 186 Å². The molecule has 0 fully saturated rings. The third-order valence-corrected chi connectivity index (χ3v) is 6.57. The highest BCUT2D eigenvalue weighted by Crippen LogP contribution is 2.23. The molecule has 30 heavy (non-hydrogen) atoms. The first kappa shape index (κ1) is 22.2. The molecule has 156 valence electrons. The molecule has 0 unspecified atom stereocenters. The maximum absolute atomic E-state index is 12.9. The van der Waals surface area contributed by atoms with Gasteiger partial charge < -0.3 is 5.32 Å². The van der Waals surface area contributed by atoms with Crippen molar-refractivity contribution >= 4 is 44.8 Å². The summed E-state index contributed by atoms with van der Waals surface area (Å²) in [5.74, 6) is -0.409. The minimum atomic E-state index is -3.86. The SMILES string of the molecule is Cc1cccc(NS(=O)(=O)c2cc(C(=O)NCc3ccc(Cl)cc3Cl)ccc2C)c1. The van der Waals surface area contributed by atoms with E-state index in [2.05, 4.69) is 10.0 Å². The highest BCUT2D eigenvalue weighted by molar-refractivity contribution is 7.92. The predicted molar refractivity (Wildman–Crippen MR) is 121 cm³/mol. The molecule has 0 bridgehead atoms. The fraction of sp³-hybridized carbons (Fsp3) is 0.136. The van der Waals surface area contributed by atoms with E-state index in [1.165, 1.54) is 6.07 Å². The topological polar surface area (TPSA) is 75.3 Å². The van der Waals surface area contributed by atoms with Gasteiger partial charge in [0.25, 0.3) is 15.9 Å². The lowest BCUT2D eigenvalue weighted by molar-refractivity contribution is 0.0950. The number of sulfonamides is 1.